The second kappa shape index (κ2) is 8.13. The van der Waals surface area contributed by atoms with Crippen molar-refractivity contribution in [2.24, 2.45) is 17.3 Å². The Morgan fingerprint density at radius 1 is 1.34 bits per heavy atom. The first kappa shape index (κ1) is 24.7. The van der Waals surface area contributed by atoms with Crippen LogP contribution in [0.1, 0.15) is 60.8 Å². The van der Waals surface area contributed by atoms with E-state index < -0.39 is 53.0 Å². The van der Waals surface area contributed by atoms with Gasteiger partial charge in [-0.15, -0.1) is 6.58 Å². The minimum absolute atomic E-state index is 0.0513. The van der Waals surface area contributed by atoms with Crippen LogP contribution in [0.25, 0.3) is 0 Å². The molecule has 2 bridgehead atoms. The van der Waals surface area contributed by atoms with Crippen LogP contribution in [0.2, 0.25) is 0 Å². The number of fused-ring (bicyclic) bond motifs is 1. The van der Waals surface area contributed by atoms with Crippen LogP contribution in [0, 0.1) is 17.3 Å². The Morgan fingerprint density at radius 3 is 2.47 bits per heavy atom. The molecule has 2 amide bonds. The number of nitrogens with zero attached hydrogens (tertiary/aromatic N) is 2. The van der Waals surface area contributed by atoms with Crippen molar-refractivity contribution >= 4 is 17.8 Å². The van der Waals surface area contributed by atoms with Crippen LogP contribution < -0.4 is 0 Å². The minimum atomic E-state index is -1.18. The lowest BCUT2D eigenvalue weighted by molar-refractivity contribution is -0.156. The van der Waals surface area contributed by atoms with Gasteiger partial charge in [0.15, 0.2) is 0 Å². The highest BCUT2D eigenvalue weighted by Crippen LogP contribution is 2.59. The summed E-state index contributed by atoms with van der Waals surface area (Å²) >= 11 is 0. The standard InChI is InChI=1S/C24H38N2O6/c1-8-11-25(23(6,7)13-22(3,4)5)20(29)18-24-10-9-15(32-24)16(21(30)31)17(24)19(28)26(18)14(2)12-27/h8,14-18,27H,1,9-13H2,2-7H3,(H,30,31)/t14-,15+,16-,17-,18+,24-/m1/s1. The van der Waals surface area contributed by atoms with Gasteiger partial charge in [-0.25, -0.2) is 0 Å². The van der Waals surface area contributed by atoms with Crippen LogP contribution in [-0.4, -0.2) is 80.3 Å². The van der Waals surface area contributed by atoms with Gasteiger partial charge in [-0.3, -0.25) is 14.4 Å². The van der Waals surface area contributed by atoms with Gasteiger partial charge in [-0.05, 0) is 45.4 Å². The highest BCUT2D eigenvalue weighted by Gasteiger charge is 2.75. The number of aliphatic hydroxyl groups is 1. The van der Waals surface area contributed by atoms with E-state index in [0.29, 0.717) is 25.8 Å². The van der Waals surface area contributed by atoms with Gasteiger partial charge in [0.05, 0.1) is 30.6 Å². The van der Waals surface area contributed by atoms with Gasteiger partial charge in [0.2, 0.25) is 11.8 Å². The molecule has 0 saturated carbocycles. The second-order valence-corrected chi connectivity index (χ2v) is 11.5. The average Bonchev–Trinajstić information content (AvgIpc) is 3.30. The molecule has 8 heteroatoms. The lowest BCUT2D eigenvalue weighted by atomic mass is 9.70. The number of carbonyl (C=O) groups excluding carboxylic acids is 2. The number of carboxylic acid groups (broad SMARTS) is 1. The largest absolute Gasteiger partial charge is 0.481 e. The average molecular weight is 451 g/mol. The van der Waals surface area contributed by atoms with Gasteiger partial charge < -0.3 is 24.7 Å². The normalized spacial score (nSPS) is 32.7. The number of carboxylic acids is 1. The number of ether oxygens (including phenoxy) is 1. The molecule has 0 aromatic rings. The fourth-order valence-corrected chi connectivity index (χ4v) is 6.52. The van der Waals surface area contributed by atoms with E-state index >= 15 is 0 Å². The highest BCUT2D eigenvalue weighted by atomic mass is 16.5. The summed E-state index contributed by atoms with van der Waals surface area (Å²) < 4.78 is 6.23. The van der Waals surface area contributed by atoms with Crippen LogP contribution in [-0.2, 0) is 19.1 Å². The van der Waals surface area contributed by atoms with E-state index in [9.17, 15) is 24.6 Å². The summed E-state index contributed by atoms with van der Waals surface area (Å²) in [6, 6.07) is -1.61. The van der Waals surface area contributed by atoms with Gasteiger partial charge in [0, 0.05) is 12.1 Å². The van der Waals surface area contributed by atoms with E-state index in [1.165, 1.54) is 4.90 Å². The summed E-state index contributed by atoms with van der Waals surface area (Å²) in [6.07, 6.45) is 2.76. The molecule has 32 heavy (non-hydrogen) atoms. The first-order valence-corrected chi connectivity index (χ1v) is 11.5. The molecule has 3 rings (SSSR count). The number of rotatable bonds is 8. The van der Waals surface area contributed by atoms with E-state index in [0.717, 1.165) is 0 Å². The Kier molecular flexibility index (Phi) is 6.28. The number of aliphatic hydroxyl groups excluding tert-OH is 1. The van der Waals surface area contributed by atoms with Gasteiger partial charge in [-0.2, -0.15) is 0 Å². The Morgan fingerprint density at radius 2 is 1.97 bits per heavy atom. The molecule has 3 aliphatic rings. The molecule has 0 aliphatic carbocycles. The number of amides is 2. The summed E-state index contributed by atoms with van der Waals surface area (Å²) in [6.45, 7) is 15.8. The zero-order valence-corrected chi connectivity index (χ0v) is 20.1. The molecule has 0 aromatic heterocycles. The molecule has 3 heterocycles. The Bertz CT molecular complexity index is 803. The van der Waals surface area contributed by atoms with Crippen molar-refractivity contribution < 1.29 is 29.3 Å². The van der Waals surface area contributed by atoms with Crippen LogP contribution in [0.5, 0.6) is 0 Å². The minimum Gasteiger partial charge on any atom is -0.481 e. The first-order valence-electron chi connectivity index (χ1n) is 11.5. The van der Waals surface area contributed by atoms with Gasteiger partial charge >= 0.3 is 5.97 Å². The van der Waals surface area contributed by atoms with E-state index in [1.54, 1.807) is 17.9 Å². The van der Waals surface area contributed by atoms with Gasteiger partial charge in [0.1, 0.15) is 11.6 Å². The number of hydrogen-bond acceptors (Lipinski definition) is 5. The van der Waals surface area contributed by atoms with Crippen LogP contribution >= 0.6 is 0 Å². The molecule has 3 saturated heterocycles. The Labute approximate surface area is 190 Å². The maximum atomic E-state index is 14.2. The van der Waals surface area contributed by atoms with Crippen molar-refractivity contribution in [1.29, 1.82) is 0 Å². The molecule has 1 spiro atoms. The van der Waals surface area contributed by atoms with Crippen molar-refractivity contribution in [1.82, 2.24) is 9.80 Å². The topological polar surface area (TPSA) is 107 Å². The summed E-state index contributed by atoms with van der Waals surface area (Å²) in [5, 5.41) is 19.7. The number of aliphatic carboxylic acids is 1. The van der Waals surface area contributed by atoms with Crippen molar-refractivity contribution in [3.63, 3.8) is 0 Å². The lowest BCUT2D eigenvalue weighted by Crippen LogP contribution is -2.62. The third-order valence-corrected chi connectivity index (χ3v) is 7.27. The highest BCUT2D eigenvalue weighted by molar-refractivity contribution is 5.98. The van der Waals surface area contributed by atoms with E-state index in [-0.39, 0.29) is 17.9 Å². The molecule has 0 radical (unpaired) electrons. The van der Waals surface area contributed by atoms with Gasteiger partial charge in [0.25, 0.3) is 0 Å². The molecule has 6 atom stereocenters. The van der Waals surface area contributed by atoms with Crippen LogP contribution in [0.4, 0.5) is 0 Å². The van der Waals surface area contributed by atoms with Gasteiger partial charge in [-0.1, -0.05) is 26.8 Å². The number of hydrogen-bond donors (Lipinski definition) is 2. The third-order valence-electron chi connectivity index (χ3n) is 7.27. The Hall–Kier alpha value is -1.93. The number of carbonyl (C=O) groups is 3. The Balaban J connectivity index is 2.09. The first-order chi connectivity index (χ1) is 14.7. The molecular formula is C24H38N2O6. The van der Waals surface area contributed by atoms with Crippen molar-refractivity contribution in [2.75, 3.05) is 13.2 Å². The van der Waals surface area contributed by atoms with Crippen LogP contribution in [0.3, 0.4) is 0 Å². The predicted octanol–water partition coefficient (Wildman–Crippen LogP) is 2.06. The molecule has 3 aliphatic heterocycles. The fourth-order valence-electron chi connectivity index (χ4n) is 6.52. The monoisotopic (exact) mass is 450 g/mol. The van der Waals surface area contributed by atoms with Crippen LogP contribution in [0.15, 0.2) is 12.7 Å². The molecule has 3 fully saturated rings. The summed E-state index contributed by atoms with van der Waals surface area (Å²) in [5.41, 5.74) is -1.77. The molecule has 0 unspecified atom stereocenters. The van der Waals surface area contributed by atoms with E-state index in [1.807, 2.05) is 13.8 Å². The van der Waals surface area contributed by atoms with E-state index in [4.69, 9.17) is 4.74 Å². The summed E-state index contributed by atoms with van der Waals surface area (Å²) in [5.74, 6) is -3.65. The molecular weight excluding hydrogens is 412 g/mol. The molecule has 2 N–H and O–H groups in total. The smallest absolute Gasteiger partial charge is 0.310 e. The number of likely N-dealkylation sites (tertiary alicyclic amines) is 1. The third kappa shape index (κ3) is 3.75. The fraction of sp³-hybridized carbons (Fsp3) is 0.792. The van der Waals surface area contributed by atoms with E-state index in [2.05, 4.69) is 27.4 Å². The quantitative estimate of drug-likeness (QED) is 0.548. The molecule has 8 nitrogen and oxygen atoms in total. The van der Waals surface area contributed by atoms with Crippen molar-refractivity contribution in [3.05, 3.63) is 12.7 Å². The lowest BCUT2D eigenvalue weighted by Gasteiger charge is -2.46. The maximum absolute atomic E-state index is 14.2. The zero-order valence-electron chi connectivity index (χ0n) is 20.1. The summed E-state index contributed by atoms with van der Waals surface area (Å²) in [7, 11) is 0. The summed E-state index contributed by atoms with van der Waals surface area (Å²) in [4.78, 5) is 42.9. The second-order valence-electron chi connectivity index (χ2n) is 11.5. The van der Waals surface area contributed by atoms with Crippen molar-refractivity contribution in [2.45, 2.75) is 90.1 Å². The molecule has 180 valence electrons. The van der Waals surface area contributed by atoms with Crippen molar-refractivity contribution in [3.8, 4) is 0 Å². The molecule has 0 aromatic carbocycles. The maximum Gasteiger partial charge on any atom is 0.310 e. The predicted molar refractivity (Wildman–Crippen MR) is 119 cm³/mol. The zero-order chi connectivity index (χ0) is 24.2. The SMILES string of the molecule is C=CCN(C(=O)[C@@H]1N([C@H](C)CO)C(=O)[C@H]2[C@H](C(=O)O)[C@@H]3CC[C@]12O3)C(C)(C)CC(C)(C)C.